The number of nitrogens with zero attached hydrogens (tertiary/aromatic N) is 1. The third kappa shape index (κ3) is 3.72. The van der Waals surface area contributed by atoms with Gasteiger partial charge in [0.15, 0.2) is 0 Å². The van der Waals surface area contributed by atoms with E-state index in [1.807, 2.05) is 0 Å². The fourth-order valence-corrected chi connectivity index (χ4v) is 2.78. The lowest BCUT2D eigenvalue weighted by molar-refractivity contribution is 0.107. The Morgan fingerprint density at radius 1 is 1.19 bits per heavy atom. The van der Waals surface area contributed by atoms with E-state index in [2.05, 4.69) is 17.1 Å². The van der Waals surface area contributed by atoms with Crippen molar-refractivity contribution in [2.75, 3.05) is 32.8 Å². The van der Waals surface area contributed by atoms with E-state index < -0.39 is 0 Å². The van der Waals surface area contributed by atoms with Crippen LogP contribution in [0.2, 0.25) is 0 Å². The van der Waals surface area contributed by atoms with Crippen LogP contribution < -0.4 is 5.32 Å². The molecule has 2 aliphatic heterocycles. The van der Waals surface area contributed by atoms with Gasteiger partial charge in [-0.25, -0.2) is 0 Å². The molecule has 0 amide bonds. The molecule has 0 spiro atoms. The summed E-state index contributed by atoms with van der Waals surface area (Å²) in [6.45, 7) is 8.06. The molecule has 2 aliphatic rings. The van der Waals surface area contributed by atoms with Gasteiger partial charge in [-0.3, -0.25) is 0 Å². The first-order chi connectivity index (χ1) is 7.88. The predicted octanol–water partition coefficient (Wildman–Crippen LogP) is 1.63. The van der Waals surface area contributed by atoms with Crippen LogP contribution in [-0.4, -0.2) is 49.8 Å². The molecule has 2 heterocycles. The van der Waals surface area contributed by atoms with Crippen molar-refractivity contribution < 1.29 is 4.74 Å². The van der Waals surface area contributed by atoms with Crippen LogP contribution in [0, 0.1) is 0 Å². The normalized spacial score (nSPS) is 32.8. The molecule has 3 nitrogen and oxygen atoms in total. The Labute approximate surface area is 99.5 Å². The highest BCUT2D eigenvalue weighted by Crippen LogP contribution is 2.14. The van der Waals surface area contributed by atoms with E-state index in [1.54, 1.807) is 0 Å². The van der Waals surface area contributed by atoms with Crippen LogP contribution in [-0.2, 0) is 4.74 Å². The summed E-state index contributed by atoms with van der Waals surface area (Å²) in [5.74, 6) is 0. The minimum atomic E-state index is 0.491. The molecule has 0 aliphatic carbocycles. The molecule has 0 aromatic rings. The zero-order valence-corrected chi connectivity index (χ0v) is 10.6. The summed E-state index contributed by atoms with van der Waals surface area (Å²) in [7, 11) is 0. The monoisotopic (exact) mass is 226 g/mol. The van der Waals surface area contributed by atoms with Crippen LogP contribution in [0.15, 0.2) is 0 Å². The molecule has 0 saturated carbocycles. The maximum atomic E-state index is 5.64. The third-order valence-corrected chi connectivity index (χ3v) is 3.93. The van der Waals surface area contributed by atoms with Gasteiger partial charge in [-0.2, -0.15) is 0 Å². The Kier molecular flexibility index (Phi) is 5.07. The minimum absolute atomic E-state index is 0.491. The van der Waals surface area contributed by atoms with Crippen molar-refractivity contribution in [3.05, 3.63) is 0 Å². The van der Waals surface area contributed by atoms with Gasteiger partial charge < -0.3 is 15.0 Å². The van der Waals surface area contributed by atoms with E-state index in [0.717, 1.165) is 19.2 Å². The summed E-state index contributed by atoms with van der Waals surface area (Å²) in [6, 6.07) is 0.723. The Hall–Kier alpha value is -0.120. The fourth-order valence-electron chi connectivity index (χ4n) is 2.78. The van der Waals surface area contributed by atoms with Gasteiger partial charge in [-0.1, -0.05) is 6.92 Å². The average Bonchev–Trinajstić information content (AvgIpc) is 2.72. The maximum absolute atomic E-state index is 5.64. The van der Waals surface area contributed by atoms with Gasteiger partial charge >= 0.3 is 0 Å². The zero-order valence-electron chi connectivity index (χ0n) is 10.6. The van der Waals surface area contributed by atoms with Crippen molar-refractivity contribution in [2.45, 2.75) is 51.2 Å². The summed E-state index contributed by atoms with van der Waals surface area (Å²) in [5.41, 5.74) is 0. The van der Waals surface area contributed by atoms with E-state index in [-0.39, 0.29) is 0 Å². The first-order valence-corrected chi connectivity index (χ1v) is 6.96. The average molecular weight is 226 g/mol. The SMILES string of the molecule is CCN1CCCC(NCC2CCCO2)CC1. The van der Waals surface area contributed by atoms with Crippen molar-refractivity contribution in [3.63, 3.8) is 0 Å². The second-order valence-electron chi connectivity index (χ2n) is 5.11. The molecule has 2 fully saturated rings. The Bertz CT molecular complexity index is 192. The second-order valence-corrected chi connectivity index (χ2v) is 5.11. The standard InChI is InChI=1S/C13H26N2O/c1-2-15-8-3-5-12(7-9-15)14-11-13-6-4-10-16-13/h12-14H,2-11H2,1H3. The zero-order chi connectivity index (χ0) is 11.2. The van der Waals surface area contributed by atoms with Gasteiger partial charge in [0.05, 0.1) is 6.10 Å². The van der Waals surface area contributed by atoms with Crippen molar-refractivity contribution in [1.82, 2.24) is 10.2 Å². The van der Waals surface area contributed by atoms with E-state index in [0.29, 0.717) is 6.10 Å². The van der Waals surface area contributed by atoms with E-state index in [9.17, 15) is 0 Å². The quantitative estimate of drug-likeness (QED) is 0.788. The van der Waals surface area contributed by atoms with Gasteiger partial charge in [-0.15, -0.1) is 0 Å². The lowest BCUT2D eigenvalue weighted by Gasteiger charge is -2.20. The number of nitrogens with one attached hydrogen (secondary N) is 1. The van der Waals surface area contributed by atoms with Gasteiger partial charge in [0.25, 0.3) is 0 Å². The third-order valence-electron chi connectivity index (χ3n) is 3.93. The maximum Gasteiger partial charge on any atom is 0.0700 e. The number of rotatable bonds is 4. The van der Waals surface area contributed by atoms with Crippen molar-refractivity contribution in [3.8, 4) is 0 Å². The van der Waals surface area contributed by atoms with E-state index in [1.165, 1.54) is 51.7 Å². The van der Waals surface area contributed by atoms with Crippen LogP contribution in [0.25, 0.3) is 0 Å². The molecule has 2 saturated heterocycles. The summed E-state index contributed by atoms with van der Waals surface area (Å²) < 4.78 is 5.64. The van der Waals surface area contributed by atoms with Crippen LogP contribution in [0.5, 0.6) is 0 Å². The molecule has 0 aromatic heterocycles. The van der Waals surface area contributed by atoms with Crippen LogP contribution in [0.4, 0.5) is 0 Å². The lowest BCUT2D eigenvalue weighted by Crippen LogP contribution is -2.36. The van der Waals surface area contributed by atoms with Crippen molar-refractivity contribution >= 4 is 0 Å². The van der Waals surface area contributed by atoms with Crippen molar-refractivity contribution in [1.29, 1.82) is 0 Å². The topological polar surface area (TPSA) is 24.5 Å². The largest absolute Gasteiger partial charge is 0.377 e. The molecule has 1 N–H and O–H groups in total. The summed E-state index contributed by atoms with van der Waals surface area (Å²) in [5, 5.41) is 3.70. The summed E-state index contributed by atoms with van der Waals surface area (Å²) in [6.07, 6.45) is 6.98. The minimum Gasteiger partial charge on any atom is -0.377 e. The molecule has 0 radical (unpaired) electrons. The molecule has 94 valence electrons. The highest BCUT2D eigenvalue weighted by atomic mass is 16.5. The highest BCUT2D eigenvalue weighted by Gasteiger charge is 2.19. The first-order valence-electron chi connectivity index (χ1n) is 6.96. The molecular formula is C13H26N2O. The Morgan fingerprint density at radius 2 is 2.12 bits per heavy atom. The van der Waals surface area contributed by atoms with Crippen LogP contribution in [0.3, 0.4) is 0 Å². The summed E-state index contributed by atoms with van der Waals surface area (Å²) in [4.78, 5) is 2.56. The molecular weight excluding hydrogens is 200 g/mol. The first kappa shape index (κ1) is 12.3. The smallest absolute Gasteiger partial charge is 0.0700 e. The molecule has 2 unspecified atom stereocenters. The van der Waals surface area contributed by atoms with Crippen LogP contribution >= 0.6 is 0 Å². The lowest BCUT2D eigenvalue weighted by atomic mass is 10.1. The van der Waals surface area contributed by atoms with E-state index in [4.69, 9.17) is 4.74 Å². The number of ether oxygens (including phenoxy) is 1. The molecule has 0 aromatic carbocycles. The van der Waals surface area contributed by atoms with Crippen molar-refractivity contribution in [2.24, 2.45) is 0 Å². The van der Waals surface area contributed by atoms with Gasteiger partial charge in [0, 0.05) is 19.2 Å². The number of hydrogen-bond donors (Lipinski definition) is 1. The summed E-state index contributed by atoms with van der Waals surface area (Å²) >= 11 is 0. The molecule has 3 heteroatoms. The Morgan fingerprint density at radius 3 is 2.88 bits per heavy atom. The number of likely N-dealkylation sites (tertiary alicyclic amines) is 1. The molecule has 16 heavy (non-hydrogen) atoms. The van der Waals surface area contributed by atoms with Crippen LogP contribution in [0.1, 0.15) is 39.0 Å². The van der Waals surface area contributed by atoms with Gasteiger partial charge in [-0.05, 0) is 51.7 Å². The highest BCUT2D eigenvalue weighted by molar-refractivity contribution is 4.77. The second kappa shape index (κ2) is 6.58. The Balaban J connectivity index is 1.65. The van der Waals surface area contributed by atoms with E-state index >= 15 is 0 Å². The predicted molar refractivity (Wildman–Crippen MR) is 66.7 cm³/mol. The van der Waals surface area contributed by atoms with Gasteiger partial charge in [0.1, 0.15) is 0 Å². The van der Waals surface area contributed by atoms with Gasteiger partial charge in [0.2, 0.25) is 0 Å². The number of hydrogen-bond acceptors (Lipinski definition) is 3. The fraction of sp³-hybridized carbons (Fsp3) is 1.00. The molecule has 0 bridgehead atoms. The molecule has 2 atom stereocenters. The molecule has 2 rings (SSSR count).